The molecule has 1 amide bonds. The monoisotopic (exact) mass is 484 g/mol. The minimum Gasteiger partial charge on any atom is -0.467 e. The Morgan fingerprint density at radius 2 is 1.97 bits per heavy atom. The van der Waals surface area contributed by atoms with Crippen LogP contribution in [0.25, 0.3) is 21.3 Å². The van der Waals surface area contributed by atoms with Gasteiger partial charge in [-0.05, 0) is 36.2 Å². The van der Waals surface area contributed by atoms with Gasteiger partial charge < -0.3 is 9.32 Å². The summed E-state index contributed by atoms with van der Waals surface area (Å²) in [5.41, 5.74) is 3.81. The molecule has 5 rings (SSSR count). The average molecular weight is 485 g/mol. The Hall–Kier alpha value is -4.04. The SMILES string of the molecule is Cc1ccc(-c2csc3ncn(CCC(=O)N(Cc4cccnc4)Cc4ccco4)c(=O)c23)cc1. The topological polar surface area (TPSA) is 81.2 Å². The zero-order valence-electron chi connectivity index (χ0n) is 19.3. The van der Waals surface area contributed by atoms with E-state index in [2.05, 4.69) is 9.97 Å². The Morgan fingerprint density at radius 1 is 1.11 bits per heavy atom. The van der Waals surface area contributed by atoms with Crippen LogP contribution in [0.3, 0.4) is 0 Å². The number of benzene rings is 1. The van der Waals surface area contributed by atoms with Crippen molar-refractivity contribution in [1.29, 1.82) is 0 Å². The van der Waals surface area contributed by atoms with Gasteiger partial charge in [0.1, 0.15) is 10.6 Å². The summed E-state index contributed by atoms with van der Waals surface area (Å²) in [5.74, 6) is 0.616. The van der Waals surface area contributed by atoms with Crippen molar-refractivity contribution in [2.75, 3.05) is 0 Å². The molecule has 0 saturated carbocycles. The summed E-state index contributed by atoms with van der Waals surface area (Å²) >= 11 is 1.45. The Morgan fingerprint density at radius 3 is 2.71 bits per heavy atom. The number of carbonyl (C=O) groups excluding carboxylic acids is 1. The van der Waals surface area contributed by atoms with Crippen LogP contribution < -0.4 is 5.56 Å². The van der Waals surface area contributed by atoms with E-state index in [0.717, 1.165) is 22.3 Å². The van der Waals surface area contributed by atoms with Gasteiger partial charge in [0, 0.05) is 42.8 Å². The molecule has 0 aliphatic rings. The maximum atomic E-state index is 13.4. The number of rotatable bonds is 8. The molecule has 0 aliphatic carbocycles. The predicted molar refractivity (Wildman–Crippen MR) is 136 cm³/mol. The number of nitrogens with zero attached hydrogens (tertiary/aromatic N) is 4. The number of amides is 1. The van der Waals surface area contributed by atoms with Crippen molar-refractivity contribution in [2.45, 2.75) is 33.0 Å². The van der Waals surface area contributed by atoms with Crippen LogP contribution in [0.15, 0.2) is 88.1 Å². The molecular weight excluding hydrogens is 460 g/mol. The molecule has 0 spiro atoms. The van der Waals surface area contributed by atoms with Crippen LogP contribution in [0.5, 0.6) is 0 Å². The molecule has 35 heavy (non-hydrogen) atoms. The number of hydrogen-bond acceptors (Lipinski definition) is 6. The molecule has 7 nitrogen and oxygen atoms in total. The second kappa shape index (κ2) is 10.1. The average Bonchev–Trinajstić information content (AvgIpc) is 3.55. The third kappa shape index (κ3) is 5.07. The highest BCUT2D eigenvalue weighted by molar-refractivity contribution is 7.17. The molecule has 0 saturated heterocycles. The van der Waals surface area contributed by atoms with Crippen molar-refractivity contribution in [3.63, 3.8) is 0 Å². The zero-order valence-corrected chi connectivity index (χ0v) is 20.1. The van der Waals surface area contributed by atoms with E-state index in [1.54, 1.807) is 29.6 Å². The smallest absolute Gasteiger partial charge is 0.262 e. The van der Waals surface area contributed by atoms with E-state index in [1.807, 2.05) is 54.8 Å². The molecule has 4 aromatic heterocycles. The lowest BCUT2D eigenvalue weighted by molar-refractivity contribution is -0.133. The summed E-state index contributed by atoms with van der Waals surface area (Å²) in [4.78, 5) is 37.6. The van der Waals surface area contributed by atoms with Gasteiger partial charge in [0.15, 0.2) is 0 Å². The summed E-state index contributed by atoms with van der Waals surface area (Å²) < 4.78 is 6.99. The summed E-state index contributed by atoms with van der Waals surface area (Å²) in [6.45, 7) is 3.02. The number of hydrogen-bond donors (Lipinski definition) is 0. The third-order valence-electron chi connectivity index (χ3n) is 5.87. The fourth-order valence-corrected chi connectivity index (χ4v) is 4.89. The van der Waals surface area contributed by atoms with E-state index >= 15 is 0 Å². The summed E-state index contributed by atoms with van der Waals surface area (Å²) in [7, 11) is 0. The van der Waals surface area contributed by atoms with Crippen LogP contribution in [0, 0.1) is 6.92 Å². The van der Waals surface area contributed by atoms with Gasteiger partial charge >= 0.3 is 0 Å². The van der Waals surface area contributed by atoms with Gasteiger partial charge in [-0.25, -0.2) is 4.98 Å². The second-order valence-electron chi connectivity index (χ2n) is 8.38. The second-order valence-corrected chi connectivity index (χ2v) is 9.24. The highest BCUT2D eigenvalue weighted by Gasteiger charge is 2.18. The number of carbonyl (C=O) groups is 1. The molecule has 0 N–H and O–H groups in total. The van der Waals surface area contributed by atoms with Gasteiger partial charge in [0.25, 0.3) is 5.56 Å². The van der Waals surface area contributed by atoms with Crippen LogP contribution in [0.1, 0.15) is 23.3 Å². The van der Waals surface area contributed by atoms with Gasteiger partial charge in [-0.15, -0.1) is 11.3 Å². The molecule has 0 atom stereocenters. The van der Waals surface area contributed by atoms with Gasteiger partial charge in [0.05, 0.1) is 24.5 Å². The summed E-state index contributed by atoms with van der Waals surface area (Å²) in [6.07, 6.45) is 6.74. The molecule has 0 fully saturated rings. The molecular formula is C27H24N4O3S. The van der Waals surface area contributed by atoms with Crippen molar-refractivity contribution in [1.82, 2.24) is 19.4 Å². The molecule has 1 aromatic carbocycles. The Bertz CT molecular complexity index is 1490. The fourth-order valence-electron chi connectivity index (χ4n) is 3.98. The van der Waals surface area contributed by atoms with Gasteiger partial charge in [-0.2, -0.15) is 0 Å². The maximum absolute atomic E-state index is 13.4. The largest absolute Gasteiger partial charge is 0.467 e. The lowest BCUT2D eigenvalue weighted by Gasteiger charge is -2.22. The number of aromatic nitrogens is 3. The number of pyridine rings is 1. The Labute approximate surface area is 206 Å². The van der Waals surface area contributed by atoms with E-state index in [-0.39, 0.29) is 24.4 Å². The van der Waals surface area contributed by atoms with Crippen molar-refractivity contribution in [3.05, 3.63) is 106 Å². The van der Waals surface area contributed by atoms with E-state index < -0.39 is 0 Å². The van der Waals surface area contributed by atoms with Gasteiger partial charge in [0.2, 0.25) is 5.91 Å². The molecule has 5 aromatic rings. The first-order chi connectivity index (χ1) is 17.1. The molecule has 0 unspecified atom stereocenters. The first kappa shape index (κ1) is 22.7. The lowest BCUT2D eigenvalue weighted by atomic mass is 10.1. The van der Waals surface area contributed by atoms with Crippen LogP contribution >= 0.6 is 11.3 Å². The minimum absolute atomic E-state index is 0.0821. The van der Waals surface area contributed by atoms with E-state index in [1.165, 1.54) is 22.2 Å². The van der Waals surface area contributed by atoms with E-state index in [4.69, 9.17) is 4.42 Å². The van der Waals surface area contributed by atoms with E-state index in [0.29, 0.717) is 29.1 Å². The molecule has 176 valence electrons. The minimum atomic E-state index is -0.135. The number of furan rings is 1. The number of fused-ring (bicyclic) bond motifs is 1. The molecule has 0 bridgehead atoms. The maximum Gasteiger partial charge on any atom is 0.262 e. The highest BCUT2D eigenvalue weighted by atomic mass is 32.1. The van der Waals surface area contributed by atoms with Crippen LogP contribution in [0.4, 0.5) is 0 Å². The standard InChI is InChI=1S/C27H24N4O3S/c1-19-6-8-21(9-7-19)23-17-35-26-25(23)27(33)30(18-29-26)12-10-24(32)31(16-22-5-3-13-34-22)15-20-4-2-11-28-14-20/h2-9,11,13-14,17-18H,10,12,15-16H2,1H3. The lowest BCUT2D eigenvalue weighted by Crippen LogP contribution is -2.32. The predicted octanol–water partition coefficient (Wildman–Crippen LogP) is 5.04. The summed E-state index contributed by atoms with van der Waals surface area (Å²) in [5, 5.41) is 2.56. The zero-order chi connectivity index (χ0) is 24.2. The van der Waals surface area contributed by atoms with Gasteiger partial charge in [-0.1, -0.05) is 35.9 Å². The number of aryl methyl sites for hydroxylation is 2. The van der Waals surface area contributed by atoms with Crippen LogP contribution in [-0.4, -0.2) is 25.3 Å². The fraction of sp³-hybridized carbons (Fsp3) is 0.185. The molecule has 0 aliphatic heterocycles. The highest BCUT2D eigenvalue weighted by Crippen LogP contribution is 2.30. The Balaban J connectivity index is 1.37. The molecule has 4 heterocycles. The molecule has 0 radical (unpaired) electrons. The van der Waals surface area contributed by atoms with E-state index in [9.17, 15) is 9.59 Å². The third-order valence-corrected chi connectivity index (χ3v) is 6.75. The van der Waals surface area contributed by atoms with Crippen molar-refractivity contribution in [2.24, 2.45) is 0 Å². The first-order valence-electron chi connectivity index (χ1n) is 11.3. The van der Waals surface area contributed by atoms with Gasteiger partial charge in [-0.3, -0.25) is 19.1 Å². The van der Waals surface area contributed by atoms with Crippen molar-refractivity contribution in [3.8, 4) is 11.1 Å². The van der Waals surface area contributed by atoms with Crippen LogP contribution in [-0.2, 0) is 24.4 Å². The van der Waals surface area contributed by atoms with Crippen molar-refractivity contribution >= 4 is 27.5 Å². The first-order valence-corrected chi connectivity index (χ1v) is 12.2. The normalized spacial score (nSPS) is 11.1. The molecule has 8 heteroatoms. The van der Waals surface area contributed by atoms with Crippen molar-refractivity contribution < 1.29 is 9.21 Å². The quantitative estimate of drug-likeness (QED) is 0.308. The number of thiophene rings is 1. The Kier molecular flexibility index (Phi) is 6.54. The van der Waals surface area contributed by atoms with Crippen LogP contribution in [0.2, 0.25) is 0 Å². The summed E-state index contributed by atoms with van der Waals surface area (Å²) in [6, 6.07) is 15.5.